The van der Waals surface area contributed by atoms with Gasteiger partial charge in [0.2, 0.25) is 0 Å². The molecule has 0 saturated heterocycles. The number of rotatable bonds is 4. The second-order valence-electron chi connectivity index (χ2n) is 4.45. The zero-order valence-corrected chi connectivity index (χ0v) is 9.45. The van der Waals surface area contributed by atoms with Crippen molar-refractivity contribution < 1.29 is 0 Å². The van der Waals surface area contributed by atoms with Crippen molar-refractivity contribution in [3.8, 4) is 0 Å². The predicted molar refractivity (Wildman–Crippen MR) is 62.7 cm³/mol. The molecule has 1 saturated carbocycles. The Hall–Kier alpha value is -0.890. The van der Waals surface area contributed by atoms with Crippen LogP contribution >= 0.6 is 0 Å². The van der Waals surface area contributed by atoms with Crippen LogP contribution in [0.15, 0.2) is 24.4 Å². The van der Waals surface area contributed by atoms with Crippen LogP contribution in [0, 0.1) is 5.92 Å². The molecule has 2 unspecified atom stereocenters. The molecule has 0 amide bonds. The summed E-state index contributed by atoms with van der Waals surface area (Å²) in [6, 6.07) is 6.93. The summed E-state index contributed by atoms with van der Waals surface area (Å²) in [5.41, 5.74) is 1.24. The Morgan fingerprint density at radius 2 is 2.33 bits per heavy atom. The Morgan fingerprint density at radius 3 is 3.07 bits per heavy atom. The molecule has 0 aliphatic heterocycles. The molecular formula is C13H20N2. The number of hydrogen-bond acceptors (Lipinski definition) is 2. The molecule has 15 heavy (non-hydrogen) atoms. The Bertz CT molecular complexity index is 284. The van der Waals surface area contributed by atoms with Crippen molar-refractivity contribution >= 4 is 0 Å². The Kier molecular flexibility index (Phi) is 3.73. The molecule has 0 spiro atoms. The maximum atomic E-state index is 4.37. The zero-order chi connectivity index (χ0) is 10.5. The molecule has 2 nitrogen and oxygen atoms in total. The minimum atomic E-state index is 0.744. The van der Waals surface area contributed by atoms with Gasteiger partial charge in [-0.2, -0.15) is 0 Å². The van der Waals surface area contributed by atoms with E-state index in [0.29, 0.717) is 0 Å². The maximum Gasteiger partial charge on any atom is 0.0403 e. The molecule has 0 radical (unpaired) electrons. The van der Waals surface area contributed by atoms with Gasteiger partial charge in [-0.15, -0.1) is 0 Å². The summed E-state index contributed by atoms with van der Waals surface area (Å²) in [6.45, 7) is 0. The highest BCUT2D eigenvalue weighted by atomic mass is 14.9. The highest BCUT2D eigenvalue weighted by Crippen LogP contribution is 2.28. The molecule has 2 heteroatoms. The predicted octanol–water partition coefficient (Wildman–Crippen LogP) is 2.40. The average molecular weight is 204 g/mol. The minimum absolute atomic E-state index is 0.744. The van der Waals surface area contributed by atoms with E-state index in [1.165, 1.54) is 31.4 Å². The van der Waals surface area contributed by atoms with Crippen molar-refractivity contribution in [2.45, 2.75) is 38.1 Å². The van der Waals surface area contributed by atoms with Gasteiger partial charge in [-0.05, 0) is 50.8 Å². The Morgan fingerprint density at radius 1 is 1.40 bits per heavy atom. The summed E-state index contributed by atoms with van der Waals surface area (Å²) in [4.78, 5) is 4.37. The van der Waals surface area contributed by atoms with Crippen LogP contribution < -0.4 is 5.32 Å². The van der Waals surface area contributed by atoms with Crippen LogP contribution in [0.5, 0.6) is 0 Å². The van der Waals surface area contributed by atoms with Crippen molar-refractivity contribution in [1.82, 2.24) is 10.3 Å². The molecule has 0 bridgehead atoms. The van der Waals surface area contributed by atoms with Crippen molar-refractivity contribution in [2.24, 2.45) is 5.92 Å². The summed E-state index contributed by atoms with van der Waals surface area (Å²) in [5, 5.41) is 3.43. The van der Waals surface area contributed by atoms with Crippen LogP contribution in [0.4, 0.5) is 0 Å². The van der Waals surface area contributed by atoms with Crippen molar-refractivity contribution in [1.29, 1.82) is 0 Å². The molecule has 82 valence electrons. The lowest BCUT2D eigenvalue weighted by Gasteiger charge is -2.18. The summed E-state index contributed by atoms with van der Waals surface area (Å²) in [7, 11) is 2.09. The van der Waals surface area contributed by atoms with Gasteiger partial charge in [0.05, 0.1) is 0 Å². The molecular weight excluding hydrogens is 184 g/mol. The van der Waals surface area contributed by atoms with Gasteiger partial charge in [-0.1, -0.05) is 12.5 Å². The maximum absolute atomic E-state index is 4.37. The van der Waals surface area contributed by atoms with E-state index in [-0.39, 0.29) is 0 Å². The second-order valence-corrected chi connectivity index (χ2v) is 4.45. The number of aryl methyl sites for hydroxylation is 1. The van der Waals surface area contributed by atoms with Gasteiger partial charge in [0.15, 0.2) is 0 Å². The first-order chi connectivity index (χ1) is 7.40. The van der Waals surface area contributed by atoms with E-state index >= 15 is 0 Å². The number of hydrogen-bond donors (Lipinski definition) is 1. The molecule has 1 heterocycles. The minimum Gasteiger partial charge on any atom is -0.317 e. The van der Waals surface area contributed by atoms with E-state index < -0.39 is 0 Å². The Balaban J connectivity index is 1.83. The standard InChI is InChI=1S/C13H20N2/c1-14-13-7-4-5-11(13)8-9-12-6-2-3-10-15-12/h2-3,6,10-11,13-14H,4-5,7-9H2,1H3. The van der Waals surface area contributed by atoms with E-state index in [4.69, 9.17) is 0 Å². The number of pyridine rings is 1. The number of nitrogens with zero attached hydrogens (tertiary/aromatic N) is 1. The van der Waals surface area contributed by atoms with Gasteiger partial charge in [-0.3, -0.25) is 4.98 Å². The fourth-order valence-electron chi connectivity index (χ4n) is 2.64. The quantitative estimate of drug-likeness (QED) is 0.814. The average Bonchev–Trinajstić information content (AvgIpc) is 2.75. The van der Waals surface area contributed by atoms with E-state index in [2.05, 4.69) is 29.5 Å². The van der Waals surface area contributed by atoms with Crippen LogP contribution in [0.1, 0.15) is 31.4 Å². The van der Waals surface area contributed by atoms with Gasteiger partial charge in [0.1, 0.15) is 0 Å². The van der Waals surface area contributed by atoms with Crippen LogP contribution in [0.25, 0.3) is 0 Å². The van der Waals surface area contributed by atoms with Gasteiger partial charge in [-0.25, -0.2) is 0 Å². The second kappa shape index (κ2) is 5.26. The summed E-state index contributed by atoms with van der Waals surface area (Å²) in [6.07, 6.45) is 8.42. The topological polar surface area (TPSA) is 24.9 Å². The molecule has 2 rings (SSSR count). The van der Waals surface area contributed by atoms with Crippen molar-refractivity contribution in [3.63, 3.8) is 0 Å². The van der Waals surface area contributed by atoms with Crippen molar-refractivity contribution in [2.75, 3.05) is 7.05 Å². The number of nitrogens with one attached hydrogen (secondary N) is 1. The zero-order valence-electron chi connectivity index (χ0n) is 9.45. The highest BCUT2D eigenvalue weighted by molar-refractivity contribution is 5.03. The summed E-state index contributed by atoms with van der Waals surface area (Å²) in [5.74, 6) is 0.858. The van der Waals surface area contributed by atoms with Crippen LogP contribution in [-0.2, 0) is 6.42 Å². The van der Waals surface area contributed by atoms with Crippen molar-refractivity contribution in [3.05, 3.63) is 30.1 Å². The first-order valence-electron chi connectivity index (χ1n) is 5.97. The highest BCUT2D eigenvalue weighted by Gasteiger charge is 2.25. The first-order valence-corrected chi connectivity index (χ1v) is 5.97. The molecule has 2 atom stereocenters. The Labute approximate surface area is 92.1 Å². The monoisotopic (exact) mass is 204 g/mol. The summed E-state index contributed by atoms with van der Waals surface area (Å²) >= 11 is 0. The third-order valence-corrected chi connectivity index (χ3v) is 3.53. The van der Waals surface area contributed by atoms with E-state index in [1.807, 2.05) is 12.3 Å². The van der Waals surface area contributed by atoms with Crippen LogP contribution in [0.3, 0.4) is 0 Å². The first kappa shape index (κ1) is 10.6. The van der Waals surface area contributed by atoms with E-state index in [0.717, 1.165) is 18.4 Å². The number of aromatic nitrogens is 1. The van der Waals surface area contributed by atoms with Gasteiger partial charge < -0.3 is 5.32 Å². The lowest BCUT2D eigenvalue weighted by Crippen LogP contribution is -2.29. The largest absolute Gasteiger partial charge is 0.317 e. The molecule has 1 aromatic rings. The van der Waals surface area contributed by atoms with Gasteiger partial charge >= 0.3 is 0 Å². The SMILES string of the molecule is CNC1CCCC1CCc1ccccn1. The molecule has 1 aliphatic rings. The molecule has 1 fully saturated rings. The van der Waals surface area contributed by atoms with Gasteiger partial charge in [0.25, 0.3) is 0 Å². The molecule has 0 aromatic carbocycles. The molecule has 1 aromatic heterocycles. The molecule has 1 N–H and O–H groups in total. The van der Waals surface area contributed by atoms with Crippen LogP contribution in [-0.4, -0.2) is 18.1 Å². The third kappa shape index (κ3) is 2.78. The fraction of sp³-hybridized carbons (Fsp3) is 0.615. The summed E-state index contributed by atoms with van der Waals surface area (Å²) < 4.78 is 0. The molecule has 1 aliphatic carbocycles. The smallest absolute Gasteiger partial charge is 0.0403 e. The third-order valence-electron chi connectivity index (χ3n) is 3.53. The lowest BCUT2D eigenvalue weighted by molar-refractivity contribution is 0.399. The van der Waals surface area contributed by atoms with E-state index in [9.17, 15) is 0 Å². The van der Waals surface area contributed by atoms with Gasteiger partial charge in [0, 0.05) is 17.9 Å². The normalized spacial score (nSPS) is 25.7. The fourth-order valence-corrected chi connectivity index (χ4v) is 2.64. The van der Waals surface area contributed by atoms with E-state index in [1.54, 1.807) is 0 Å². The lowest BCUT2D eigenvalue weighted by atomic mass is 9.96. The van der Waals surface area contributed by atoms with Crippen LogP contribution in [0.2, 0.25) is 0 Å².